The highest BCUT2D eigenvalue weighted by Crippen LogP contribution is 2.33. The van der Waals surface area contributed by atoms with Crippen molar-refractivity contribution >= 4 is 29.1 Å². The summed E-state index contributed by atoms with van der Waals surface area (Å²) in [6.07, 6.45) is 2.22. The van der Waals surface area contributed by atoms with E-state index in [0.717, 1.165) is 30.8 Å². The molecule has 0 bridgehead atoms. The molecule has 6 heteroatoms. The van der Waals surface area contributed by atoms with Crippen LogP contribution in [0.3, 0.4) is 0 Å². The molecule has 132 valence electrons. The summed E-state index contributed by atoms with van der Waals surface area (Å²) < 4.78 is 0. The Kier molecular flexibility index (Phi) is 4.26. The molecule has 1 saturated heterocycles. The quantitative estimate of drug-likeness (QED) is 0.861. The van der Waals surface area contributed by atoms with E-state index in [1.54, 1.807) is 48.5 Å². The number of fused-ring (bicyclic) bond motifs is 1. The second-order valence-corrected chi connectivity index (χ2v) is 6.54. The largest absolute Gasteiger partial charge is 0.323 e. The molecule has 2 aliphatic rings. The maximum atomic E-state index is 12.7. The van der Waals surface area contributed by atoms with Crippen LogP contribution < -0.4 is 10.2 Å². The molecule has 1 N–H and O–H groups in total. The Labute approximate surface area is 151 Å². The third kappa shape index (κ3) is 2.88. The van der Waals surface area contributed by atoms with Crippen molar-refractivity contribution in [3.05, 3.63) is 59.7 Å². The van der Waals surface area contributed by atoms with Crippen molar-refractivity contribution < 1.29 is 14.4 Å². The molecular formula is C20H19N3O3. The predicted molar refractivity (Wildman–Crippen MR) is 98.3 cm³/mol. The molecule has 0 aromatic heterocycles. The molecule has 6 nitrogen and oxygen atoms in total. The van der Waals surface area contributed by atoms with Crippen molar-refractivity contribution in [2.75, 3.05) is 29.9 Å². The first kappa shape index (κ1) is 16.5. The van der Waals surface area contributed by atoms with Gasteiger partial charge in [0.05, 0.1) is 29.0 Å². The van der Waals surface area contributed by atoms with E-state index in [1.165, 1.54) is 0 Å². The first-order chi connectivity index (χ1) is 12.6. The molecule has 3 amide bonds. The molecule has 2 heterocycles. The molecular weight excluding hydrogens is 330 g/mol. The highest BCUT2D eigenvalue weighted by molar-refractivity contribution is 6.35. The third-order valence-corrected chi connectivity index (χ3v) is 4.78. The second kappa shape index (κ2) is 6.72. The average Bonchev–Trinajstić information content (AvgIpc) is 3.23. The summed E-state index contributed by atoms with van der Waals surface area (Å²) in [6, 6.07) is 13.7. The van der Waals surface area contributed by atoms with E-state index in [2.05, 4.69) is 10.2 Å². The molecule has 0 atom stereocenters. The van der Waals surface area contributed by atoms with Crippen LogP contribution in [0.15, 0.2) is 48.5 Å². The number of carbonyl (C=O) groups is 3. The average molecular weight is 349 g/mol. The molecule has 2 aromatic rings. The summed E-state index contributed by atoms with van der Waals surface area (Å²) in [6.45, 7) is 2.16. The fraction of sp³-hybridized carbons (Fsp3) is 0.250. The Balaban J connectivity index is 1.59. The number of nitrogens with zero attached hydrogens (tertiary/aromatic N) is 2. The molecule has 0 aliphatic carbocycles. The fourth-order valence-corrected chi connectivity index (χ4v) is 3.52. The number of rotatable bonds is 4. The van der Waals surface area contributed by atoms with Crippen molar-refractivity contribution in [1.82, 2.24) is 4.90 Å². The van der Waals surface area contributed by atoms with Crippen molar-refractivity contribution in [2.24, 2.45) is 0 Å². The molecule has 0 spiro atoms. The van der Waals surface area contributed by atoms with Crippen molar-refractivity contribution in [3.63, 3.8) is 0 Å². The summed E-state index contributed by atoms with van der Waals surface area (Å²) in [5.74, 6) is -0.880. The van der Waals surface area contributed by atoms with Crippen LogP contribution in [0, 0.1) is 0 Å². The number of hydrogen-bond acceptors (Lipinski definition) is 4. The van der Waals surface area contributed by atoms with Gasteiger partial charge >= 0.3 is 0 Å². The van der Waals surface area contributed by atoms with Crippen molar-refractivity contribution in [3.8, 4) is 0 Å². The first-order valence-electron chi connectivity index (χ1n) is 8.74. The normalized spacial score (nSPS) is 16.8. The maximum Gasteiger partial charge on any atom is 0.266 e. The highest BCUT2D eigenvalue weighted by Gasteiger charge is 2.37. The van der Waals surface area contributed by atoms with Gasteiger partial charge in [0.15, 0.2) is 0 Å². The zero-order chi connectivity index (χ0) is 18.1. The molecule has 4 rings (SSSR count). The third-order valence-electron chi connectivity index (χ3n) is 4.78. The standard InChI is InChI=1S/C20H19N3O3/c24-18(13-22-11-5-6-12-22)21-16-9-3-4-10-17(16)23-19(25)14-7-1-2-8-15(14)20(23)26/h1-4,7-10H,5-6,11-13H2,(H,21,24). The van der Waals surface area contributed by atoms with Gasteiger partial charge in [-0.25, -0.2) is 4.90 Å². The Morgan fingerprint density at radius 2 is 1.46 bits per heavy atom. The van der Waals surface area contributed by atoms with Gasteiger partial charge in [0, 0.05) is 0 Å². The number of anilines is 2. The van der Waals surface area contributed by atoms with Gasteiger partial charge in [0.25, 0.3) is 11.8 Å². The van der Waals surface area contributed by atoms with Gasteiger partial charge in [0.2, 0.25) is 5.91 Å². The van der Waals surface area contributed by atoms with E-state index in [0.29, 0.717) is 29.0 Å². The van der Waals surface area contributed by atoms with Gasteiger partial charge in [-0.3, -0.25) is 19.3 Å². The summed E-state index contributed by atoms with van der Waals surface area (Å²) in [5, 5.41) is 2.86. The topological polar surface area (TPSA) is 69.7 Å². The van der Waals surface area contributed by atoms with Crippen LogP contribution in [0.5, 0.6) is 0 Å². The molecule has 26 heavy (non-hydrogen) atoms. The second-order valence-electron chi connectivity index (χ2n) is 6.54. The van der Waals surface area contributed by atoms with Gasteiger partial charge in [-0.1, -0.05) is 24.3 Å². The smallest absolute Gasteiger partial charge is 0.266 e. The molecule has 0 radical (unpaired) electrons. The number of nitrogens with one attached hydrogen (secondary N) is 1. The van der Waals surface area contributed by atoms with Crippen LogP contribution in [0.4, 0.5) is 11.4 Å². The maximum absolute atomic E-state index is 12.7. The lowest BCUT2D eigenvalue weighted by molar-refractivity contribution is -0.117. The number of para-hydroxylation sites is 2. The monoisotopic (exact) mass is 349 g/mol. The zero-order valence-electron chi connectivity index (χ0n) is 14.3. The lowest BCUT2D eigenvalue weighted by Gasteiger charge is -2.20. The van der Waals surface area contributed by atoms with Gasteiger partial charge in [0.1, 0.15) is 0 Å². The Morgan fingerprint density at radius 3 is 2.12 bits per heavy atom. The van der Waals surface area contributed by atoms with E-state index in [1.807, 2.05) is 0 Å². The minimum Gasteiger partial charge on any atom is -0.323 e. The SMILES string of the molecule is O=C(CN1CCCC1)Nc1ccccc1N1C(=O)c2ccccc2C1=O. The highest BCUT2D eigenvalue weighted by atomic mass is 16.2. The molecule has 1 fully saturated rings. The molecule has 0 saturated carbocycles. The Morgan fingerprint density at radius 1 is 0.885 bits per heavy atom. The first-order valence-corrected chi connectivity index (χ1v) is 8.74. The van der Waals surface area contributed by atoms with Crippen LogP contribution in [-0.4, -0.2) is 42.3 Å². The van der Waals surface area contributed by atoms with Crippen molar-refractivity contribution in [2.45, 2.75) is 12.8 Å². The summed E-state index contributed by atoms with van der Waals surface area (Å²) in [4.78, 5) is 41.0. The lowest BCUT2D eigenvalue weighted by Crippen LogP contribution is -2.33. The Hall–Kier alpha value is -2.99. The van der Waals surface area contributed by atoms with Crippen LogP contribution in [0.25, 0.3) is 0 Å². The minimum atomic E-state index is -0.369. The van der Waals surface area contributed by atoms with Crippen LogP contribution >= 0.6 is 0 Å². The van der Waals surface area contributed by atoms with Crippen LogP contribution in [0.1, 0.15) is 33.6 Å². The number of carbonyl (C=O) groups excluding carboxylic acids is 3. The fourth-order valence-electron chi connectivity index (χ4n) is 3.52. The van der Waals surface area contributed by atoms with Crippen LogP contribution in [-0.2, 0) is 4.79 Å². The van der Waals surface area contributed by atoms with Crippen LogP contribution in [0.2, 0.25) is 0 Å². The molecule has 2 aliphatic heterocycles. The van der Waals surface area contributed by atoms with E-state index < -0.39 is 0 Å². The number of hydrogen-bond donors (Lipinski definition) is 1. The number of imide groups is 1. The van der Waals surface area contributed by atoms with Gasteiger partial charge < -0.3 is 5.32 Å². The lowest BCUT2D eigenvalue weighted by atomic mass is 10.1. The minimum absolute atomic E-state index is 0.143. The van der Waals surface area contributed by atoms with Crippen molar-refractivity contribution in [1.29, 1.82) is 0 Å². The summed E-state index contributed by atoms with van der Waals surface area (Å²) in [5.41, 5.74) is 1.63. The van der Waals surface area contributed by atoms with E-state index in [4.69, 9.17) is 0 Å². The molecule has 0 unspecified atom stereocenters. The van der Waals surface area contributed by atoms with Gasteiger partial charge in [-0.2, -0.15) is 0 Å². The molecule has 2 aromatic carbocycles. The van der Waals surface area contributed by atoms with Gasteiger partial charge in [-0.05, 0) is 50.2 Å². The number of amides is 3. The summed E-state index contributed by atoms with van der Waals surface area (Å²) >= 11 is 0. The Bertz CT molecular complexity index is 852. The van der Waals surface area contributed by atoms with E-state index in [-0.39, 0.29) is 17.7 Å². The predicted octanol–water partition coefficient (Wildman–Crippen LogP) is 2.52. The zero-order valence-corrected chi connectivity index (χ0v) is 14.3. The number of likely N-dealkylation sites (tertiary alicyclic amines) is 1. The van der Waals surface area contributed by atoms with Gasteiger partial charge in [-0.15, -0.1) is 0 Å². The number of benzene rings is 2. The van der Waals surface area contributed by atoms with E-state index >= 15 is 0 Å². The summed E-state index contributed by atoms with van der Waals surface area (Å²) in [7, 11) is 0. The van der Waals surface area contributed by atoms with E-state index in [9.17, 15) is 14.4 Å².